The Balaban J connectivity index is 1.51. The monoisotopic (exact) mass is 429 g/mol. The molecule has 160 valence electrons. The van der Waals surface area contributed by atoms with Gasteiger partial charge in [0.05, 0.1) is 0 Å². The molecule has 0 saturated carbocycles. The standard InChI is InChI=1S/C22H27N3O4S/c1-22(2,3)29-21(28)25-9-7-24(8-10-25)20(27)14-4-5-18-16(12-14)15-6-11-30-13-17(15)19(26)23-18/h4-5,12H,6-11,13H2,1-3H3,(H,23,26). The summed E-state index contributed by atoms with van der Waals surface area (Å²) in [5, 5.41) is 0.961. The van der Waals surface area contributed by atoms with Crippen molar-refractivity contribution in [3.63, 3.8) is 0 Å². The van der Waals surface area contributed by atoms with Crippen LogP contribution in [0.15, 0.2) is 23.0 Å². The van der Waals surface area contributed by atoms with Crippen molar-refractivity contribution in [2.24, 2.45) is 0 Å². The summed E-state index contributed by atoms with van der Waals surface area (Å²) in [5.74, 6) is 1.65. The molecule has 0 unspecified atom stereocenters. The number of pyridine rings is 1. The lowest BCUT2D eigenvalue weighted by Gasteiger charge is -2.35. The predicted octanol–water partition coefficient (Wildman–Crippen LogP) is 3.01. The van der Waals surface area contributed by atoms with Crippen LogP contribution in [0.4, 0.5) is 4.79 Å². The van der Waals surface area contributed by atoms with Crippen LogP contribution < -0.4 is 5.56 Å². The molecule has 30 heavy (non-hydrogen) atoms. The lowest BCUT2D eigenvalue weighted by atomic mass is 9.99. The topological polar surface area (TPSA) is 82.7 Å². The number of aromatic nitrogens is 1. The molecule has 0 radical (unpaired) electrons. The fourth-order valence-electron chi connectivity index (χ4n) is 3.92. The van der Waals surface area contributed by atoms with Crippen molar-refractivity contribution in [2.45, 2.75) is 38.5 Å². The van der Waals surface area contributed by atoms with E-state index in [1.165, 1.54) is 0 Å². The maximum Gasteiger partial charge on any atom is 0.410 e. The van der Waals surface area contributed by atoms with Gasteiger partial charge in [-0.15, -0.1) is 0 Å². The van der Waals surface area contributed by atoms with Crippen LogP contribution in [0.1, 0.15) is 42.3 Å². The highest BCUT2D eigenvalue weighted by atomic mass is 32.2. The third-order valence-electron chi connectivity index (χ3n) is 5.44. The number of nitrogens with one attached hydrogen (secondary N) is 1. The lowest BCUT2D eigenvalue weighted by Crippen LogP contribution is -2.51. The number of benzene rings is 1. The Kier molecular flexibility index (Phi) is 5.53. The molecule has 0 spiro atoms. The van der Waals surface area contributed by atoms with Crippen molar-refractivity contribution in [3.05, 3.63) is 45.2 Å². The molecular formula is C22H27N3O4S. The van der Waals surface area contributed by atoms with Crippen LogP contribution in [0.25, 0.3) is 10.9 Å². The molecule has 1 saturated heterocycles. The van der Waals surface area contributed by atoms with Gasteiger partial charge >= 0.3 is 6.09 Å². The van der Waals surface area contributed by atoms with E-state index < -0.39 is 5.60 Å². The van der Waals surface area contributed by atoms with E-state index in [9.17, 15) is 14.4 Å². The predicted molar refractivity (Wildman–Crippen MR) is 118 cm³/mol. The van der Waals surface area contributed by atoms with E-state index in [2.05, 4.69) is 4.98 Å². The van der Waals surface area contributed by atoms with Crippen LogP contribution >= 0.6 is 11.8 Å². The number of fused-ring (bicyclic) bond motifs is 3. The number of piperazine rings is 1. The number of nitrogens with zero attached hydrogens (tertiary/aromatic N) is 2. The molecule has 2 aliphatic heterocycles. The summed E-state index contributed by atoms with van der Waals surface area (Å²) in [5.41, 5.74) is 2.72. The molecule has 2 aliphatic rings. The molecule has 4 rings (SSSR count). The van der Waals surface area contributed by atoms with Crippen molar-refractivity contribution in [2.75, 3.05) is 31.9 Å². The summed E-state index contributed by atoms with van der Waals surface area (Å²) in [7, 11) is 0. The van der Waals surface area contributed by atoms with E-state index in [-0.39, 0.29) is 17.6 Å². The molecule has 8 heteroatoms. The van der Waals surface area contributed by atoms with Crippen LogP contribution in [-0.2, 0) is 16.9 Å². The second kappa shape index (κ2) is 7.98. The molecule has 1 N–H and O–H groups in total. The van der Waals surface area contributed by atoms with Crippen LogP contribution in [0.2, 0.25) is 0 Å². The molecule has 0 atom stereocenters. The minimum Gasteiger partial charge on any atom is -0.444 e. The van der Waals surface area contributed by atoms with Crippen molar-refractivity contribution >= 4 is 34.7 Å². The minimum absolute atomic E-state index is 0.0259. The molecule has 0 bridgehead atoms. The van der Waals surface area contributed by atoms with Gasteiger partial charge in [0.1, 0.15) is 5.60 Å². The highest BCUT2D eigenvalue weighted by molar-refractivity contribution is 7.98. The number of hydrogen-bond acceptors (Lipinski definition) is 5. The Bertz CT molecular complexity index is 1050. The lowest BCUT2D eigenvalue weighted by molar-refractivity contribution is 0.0141. The maximum atomic E-state index is 13.1. The Morgan fingerprint density at radius 3 is 2.47 bits per heavy atom. The summed E-state index contributed by atoms with van der Waals surface area (Å²) in [6.07, 6.45) is 0.501. The molecule has 1 fully saturated rings. The van der Waals surface area contributed by atoms with Crippen molar-refractivity contribution in [1.29, 1.82) is 0 Å². The van der Waals surface area contributed by atoms with Gasteiger partial charge in [0, 0.05) is 54.0 Å². The quantitative estimate of drug-likeness (QED) is 0.754. The highest BCUT2D eigenvalue weighted by Crippen LogP contribution is 2.28. The molecule has 2 aromatic rings. The molecule has 7 nitrogen and oxygen atoms in total. The molecule has 1 aromatic carbocycles. The Hall–Kier alpha value is -2.48. The Morgan fingerprint density at radius 2 is 1.77 bits per heavy atom. The van der Waals surface area contributed by atoms with E-state index in [0.29, 0.717) is 37.5 Å². The second-order valence-corrected chi connectivity index (χ2v) is 9.84. The number of thioether (sulfide) groups is 1. The average Bonchev–Trinajstić information content (AvgIpc) is 2.72. The normalized spacial score (nSPS) is 17.0. The van der Waals surface area contributed by atoms with Crippen LogP contribution in [-0.4, -0.2) is 64.3 Å². The van der Waals surface area contributed by atoms with Gasteiger partial charge in [0.2, 0.25) is 0 Å². The largest absolute Gasteiger partial charge is 0.444 e. The van der Waals surface area contributed by atoms with Gasteiger partial charge in [-0.05, 0) is 56.7 Å². The highest BCUT2D eigenvalue weighted by Gasteiger charge is 2.28. The zero-order chi connectivity index (χ0) is 21.5. The van der Waals surface area contributed by atoms with Gasteiger partial charge in [0.25, 0.3) is 11.5 Å². The number of aryl methyl sites for hydroxylation is 1. The molecule has 1 aromatic heterocycles. The Labute approximate surface area is 179 Å². The van der Waals surface area contributed by atoms with Crippen molar-refractivity contribution in [3.8, 4) is 0 Å². The summed E-state index contributed by atoms with van der Waals surface area (Å²) in [6, 6.07) is 5.50. The van der Waals surface area contributed by atoms with Crippen molar-refractivity contribution < 1.29 is 14.3 Å². The van der Waals surface area contributed by atoms with Gasteiger partial charge in [-0.3, -0.25) is 9.59 Å². The smallest absolute Gasteiger partial charge is 0.410 e. The Morgan fingerprint density at radius 1 is 1.07 bits per heavy atom. The SMILES string of the molecule is CC(C)(C)OC(=O)N1CCN(C(=O)c2ccc3[nH]c(=O)c4c(c3c2)CCSC4)CC1. The minimum atomic E-state index is -0.534. The van der Waals surface area contributed by atoms with Crippen LogP contribution in [0.3, 0.4) is 0 Å². The molecular weight excluding hydrogens is 402 g/mol. The van der Waals surface area contributed by atoms with E-state index in [0.717, 1.165) is 34.2 Å². The van der Waals surface area contributed by atoms with E-state index in [1.54, 1.807) is 27.6 Å². The first-order valence-electron chi connectivity index (χ1n) is 10.3. The van der Waals surface area contributed by atoms with Crippen LogP contribution in [0.5, 0.6) is 0 Å². The maximum absolute atomic E-state index is 13.1. The number of rotatable bonds is 1. The zero-order valence-electron chi connectivity index (χ0n) is 17.6. The summed E-state index contributed by atoms with van der Waals surface area (Å²) < 4.78 is 5.42. The van der Waals surface area contributed by atoms with E-state index >= 15 is 0 Å². The third-order valence-corrected chi connectivity index (χ3v) is 6.43. The fraction of sp³-hybridized carbons (Fsp3) is 0.500. The van der Waals surface area contributed by atoms with Gasteiger partial charge in [-0.2, -0.15) is 11.8 Å². The molecule has 0 aliphatic carbocycles. The third kappa shape index (κ3) is 4.19. The van der Waals surface area contributed by atoms with E-state index in [4.69, 9.17) is 4.74 Å². The van der Waals surface area contributed by atoms with Crippen LogP contribution in [0, 0.1) is 0 Å². The zero-order valence-corrected chi connectivity index (χ0v) is 18.4. The van der Waals surface area contributed by atoms with Gasteiger partial charge in [-0.1, -0.05) is 0 Å². The number of carbonyl (C=O) groups excluding carboxylic acids is 2. The number of carbonyl (C=O) groups is 2. The fourth-order valence-corrected chi connectivity index (χ4v) is 4.92. The van der Waals surface area contributed by atoms with Gasteiger partial charge in [0.15, 0.2) is 0 Å². The first-order chi connectivity index (χ1) is 14.2. The summed E-state index contributed by atoms with van der Waals surface area (Å²) >= 11 is 1.76. The average molecular weight is 430 g/mol. The first-order valence-corrected chi connectivity index (χ1v) is 11.4. The van der Waals surface area contributed by atoms with E-state index in [1.807, 2.05) is 32.9 Å². The van der Waals surface area contributed by atoms with Gasteiger partial charge < -0.3 is 19.5 Å². The molecule has 3 heterocycles. The number of H-pyrrole nitrogens is 1. The number of ether oxygens (including phenoxy) is 1. The number of aromatic amines is 1. The first kappa shape index (κ1) is 20.8. The van der Waals surface area contributed by atoms with Crippen molar-refractivity contribution in [1.82, 2.24) is 14.8 Å². The van der Waals surface area contributed by atoms with Gasteiger partial charge in [-0.25, -0.2) is 4.79 Å². The number of amides is 2. The molecule has 2 amide bonds. The second-order valence-electron chi connectivity index (χ2n) is 8.73. The number of hydrogen-bond donors (Lipinski definition) is 1. The summed E-state index contributed by atoms with van der Waals surface area (Å²) in [4.78, 5) is 44.0. The summed E-state index contributed by atoms with van der Waals surface area (Å²) in [6.45, 7) is 7.37.